The lowest BCUT2D eigenvalue weighted by Crippen LogP contribution is -2.30. The molecule has 2 N–H and O–H groups in total. The molecule has 20 heavy (non-hydrogen) atoms. The van der Waals surface area contributed by atoms with Crippen LogP contribution in [-0.4, -0.2) is 50.7 Å². The Balaban J connectivity index is 2.27. The summed E-state index contributed by atoms with van der Waals surface area (Å²) in [6.07, 6.45) is 1.09. The highest BCUT2D eigenvalue weighted by Gasteiger charge is 2.20. The van der Waals surface area contributed by atoms with Crippen LogP contribution in [0.25, 0.3) is 0 Å². The Kier molecular flexibility index (Phi) is 4.84. The summed E-state index contributed by atoms with van der Waals surface area (Å²) in [5, 5.41) is 0. The van der Waals surface area contributed by atoms with Gasteiger partial charge in [-0.25, -0.2) is 4.79 Å². The highest BCUT2D eigenvalue weighted by atomic mass is 16.5. The van der Waals surface area contributed by atoms with Gasteiger partial charge in [-0.2, -0.15) is 0 Å². The number of rotatable bonds is 3. The average Bonchev–Trinajstić information content (AvgIpc) is 2.64. The zero-order valence-corrected chi connectivity index (χ0v) is 12.3. The number of hydrogen-bond acceptors (Lipinski definition) is 5. The number of carbonyl (C=O) groups is 1. The molecule has 1 fully saturated rings. The maximum Gasteiger partial charge on any atom is 0.340 e. The Morgan fingerprint density at radius 3 is 2.85 bits per heavy atom. The molecule has 2 rings (SSSR count). The number of benzene rings is 1. The summed E-state index contributed by atoms with van der Waals surface area (Å²) in [6, 6.07) is 5.47. The molecule has 1 aromatic carbocycles. The van der Waals surface area contributed by atoms with Crippen molar-refractivity contribution in [2.75, 3.05) is 50.5 Å². The molecule has 0 unspecified atom stereocenters. The minimum atomic E-state index is -0.299. The molecule has 0 bridgehead atoms. The molecule has 0 aliphatic carbocycles. The fourth-order valence-electron chi connectivity index (χ4n) is 2.49. The van der Waals surface area contributed by atoms with Crippen molar-refractivity contribution in [1.29, 1.82) is 0 Å². The van der Waals surface area contributed by atoms with E-state index in [1.54, 1.807) is 6.07 Å². The van der Waals surface area contributed by atoms with Gasteiger partial charge in [-0.1, -0.05) is 0 Å². The number of nitrogens with two attached hydrogens (primary N) is 1. The minimum Gasteiger partial charge on any atom is -0.462 e. The summed E-state index contributed by atoms with van der Waals surface area (Å²) < 4.78 is 5.14. The Bertz CT molecular complexity index is 476. The van der Waals surface area contributed by atoms with Crippen LogP contribution in [0.15, 0.2) is 18.2 Å². The molecule has 1 aliphatic heterocycles. The van der Waals surface area contributed by atoms with Gasteiger partial charge in [-0.3, -0.25) is 0 Å². The van der Waals surface area contributed by atoms with Crippen molar-refractivity contribution in [3.63, 3.8) is 0 Å². The minimum absolute atomic E-state index is 0.299. The van der Waals surface area contributed by atoms with Crippen molar-refractivity contribution in [1.82, 2.24) is 4.90 Å². The zero-order chi connectivity index (χ0) is 14.5. The number of likely N-dealkylation sites (N-methyl/N-ethyl adjacent to an activating group) is 1. The molecule has 5 heteroatoms. The van der Waals surface area contributed by atoms with E-state index in [-0.39, 0.29) is 5.97 Å². The molecule has 1 aliphatic rings. The van der Waals surface area contributed by atoms with Gasteiger partial charge in [0.05, 0.1) is 17.9 Å². The number of carbonyl (C=O) groups excluding carboxylic acids is 1. The largest absolute Gasteiger partial charge is 0.462 e. The molecule has 1 heterocycles. The van der Waals surface area contributed by atoms with Gasteiger partial charge < -0.3 is 20.3 Å². The third kappa shape index (κ3) is 3.42. The molecule has 110 valence electrons. The van der Waals surface area contributed by atoms with Crippen molar-refractivity contribution in [2.45, 2.75) is 13.3 Å². The summed E-state index contributed by atoms with van der Waals surface area (Å²) >= 11 is 0. The summed E-state index contributed by atoms with van der Waals surface area (Å²) in [4.78, 5) is 16.6. The van der Waals surface area contributed by atoms with Gasteiger partial charge in [0.15, 0.2) is 0 Å². The standard InChI is InChI=1S/C15H23N3O2/c1-3-20-15(19)13-11-12(16)5-6-14(13)18-8-4-7-17(2)9-10-18/h5-6,11H,3-4,7-10,16H2,1-2H3. The van der Waals surface area contributed by atoms with Crippen LogP contribution in [0.4, 0.5) is 11.4 Å². The normalized spacial score (nSPS) is 16.8. The van der Waals surface area contributed by atoms with Crippen LogP contribution < -0.4 is 10.6 Å². The van der Waals surface area contributed by atoms with Crippen LogP contribution in [0.1, 0.15) is 23.7 Å². The van der Waals surface area contributed by atoms with Crippen molar-refractivity contribution < 1.29 is 9.53 Å². The predicted molar refractivity (Wildman–Crippen MR) is 81.1 cm³/mol. The monoisotopic (exact) mass is 277 g/mol. The smallest absolute Gasteiger partial charge is 0.340 e. The second kappa shape index (κ2) is 6.61. The molecule has 0 aromatic heterocycles. The molecular weight excluding hydrogens is 254 g/mol. The fraction of sp³-hybridized carbons (Fsp3) is 0.533. The highest BCUT2D eigenvalue weighted by Crippen LogP contribution is 2.25. The van der Waals surface area contributed by atoms with Crippen molar-refractivity contribution >= 4 is 17.3 Å². The van der Waals surface area contributed by atoms with Crippen LogP contribution >= 0.6 is 0 Å². The van der Waals surface area contributed by atoms with Crippen LogP contribution in [0.2, 0.25) is 0 Å². The first-order valence-corrected chi connectivity index (χ1v) is 7.12. The van der Waals surface area contributed by atoms with Gasteiger partial charge in [0.1, 0.15) is 0 Å². The average molecular weight is 277 g/mol. The predicted octanol–water partition coefficient (Wildman–Crippen LogP) is 1.59. The van der Waals surface area contributed by atoms with Crippen LogP contribution in [0.3, 0.4) is 0 Å². The van der Waals surface area contributed by atoms with Gasteiger partial charge in [0.25, 0.3) is 0 Å². The van der Waals surface area contributed by atoms with E-state index in [0.717, 1.165) is 38.3 Å². The Labute approximate surface area is 120 Å². The molecule has 0 atom stereocenters. The van der Waals surface area contributed by atoms with Gasteiger partial charge in [-0.15, -0.1) is 0 Å². The van der Waals surface area contributed by atoms with E-state index < -0.39 is 0 Å². The van der Waals surface area contributed by atoms with Crippen LogP contribution in [0.5, 0.6) is 0 Å². The second-order valence-corrected chi connectivity index (χ2v) is 5.14. The fourth-order valence-corrected chi connectivity index (χ4v) is 2.49. The number of esters is 1. The molecule has 0 saturated carbocycles. The molecule has 5 nitrogen and oxygen atoms in total. The van der Waals surface area contributed by atoms with Gasteiger partial charge in [0.2, 0.25) is 0 Å². The first kappa shape index (κ1) is 14.7. The quantitative estimate of drug-likeness (QED) is 0.671. The van der Waals surface area contributed by atoms with E-state index >= 15 is 0 Å². The molecule has 1 aromatic rings. The molecule has 0 spiro atoms. The number of nitrogen functional groups attached to an aromatic ring is 1. The molecule has 0 radical (unpaired) electrons. The molecule has 1 saturated heterocycles. The van der Waals surface area contributed by atoms with Gasteiger partial charge in [0, 0.05) is 25.3 Å². The molecule has 0 amide bonds. The Hall–Kier alpha value is -1.75. The van der Waals surface area contributed by atoms with Crippen LogP contribution in [0, 0.1) is 0 Å². The maximum atomic E-state index is 12.1. The summed E-state index contributed by atoms with van der Waals surface area (Å²) in [6.45, 7) is 6.11. The number of anilines is 2. The van der Waals surface area contributed by atoms with E-state index in [1.807, 2.05) is 19.1 Å². The van der Waals surface area contributed by atoms with Crippen molar-refractivity contribution in [2.24, 2.45) is 0 Å². The summed E-state index contributed by atoms with van der Waals surface area (Å²) in [5.74, 6) is -0.299. The van der Waals surface area contributed by atoms with Crippen molar-refractivity contribution in [3.05, 3.63) is 23.8 Å². The van der Waals surface area contributed by atoms with E-state index in [0.29, 0.717) is 17.9 Å². The summed E-state index contributed by atoms with van der Waals surface area (Å²) in [5.41, 5.74) is 7.89. The Morgan fingerprint density at radius 1 is 1.30 bits per heavy atom. The Morgan fingerprint density at radius 2 is 2.10 bits per heavy atom. The highest BCUT2D eigenvalue weighted by molar-refractivity contribution is 5.97. The first-order chi connectivity index (χ1) is 9.61. The SMILES string of the molecule is CCOC(=O)c1cc(N)ccc1N1CCCN(C)CC1. The van der Waals surface area contributed by atoms with E-state index in [2.05, 4.69) is 16.8 Å². The van der Waals surface area contributed by atoms with Crippen molar-refractivity contribution in [3.8, 4) is 0 Å². The lowest BCUT2D eigenvalue weighted by molar-refractivity contribution is 0.0527. The van der Waals surface area contributed by atoms with Gasteiger partial charge in [-0.05, 0) is 45.1 Å². The number of nitrogens with zero attached hydrogens (tertiary/aromatic N) is 2. The topological polar surface area (TPSA) is 58.8 Å². The van der Waals surface area contributed by atoms with E-state index in [1.165, 1.54) is 0 Å². The lowest BCUT2D eigenvalue weighted by Gasteiger charge is -2.25. The van der Waals surface area contributed by atoms with Gasteiger partial charge >= 0.3 is 5.97 Å². The number of ether oxygens (including phenoxy) is 1. The maximum absolute atomic E-state index is 12.1. The van der Waals surface area contributed by atoms with E-state index in [4.69, 9.17) is 10.5 Å². The molecular formula is C15H23N3O2. The summed E-state index contributed by atoms with van der Waals surface area (Å²) in [7, 11) is 2.12. The zero-order valence-electron chi connectivity index (χ0n) is 12.3. The third-order valence-corrected chi connectivity index (χ3v) is 3.58. The van der Waals surface area contributed by atoms with E-state index in [9.17, 15) is 4.79 Å². The first-order valence-electron chi connectivity index (χ1n) is 7.12. The van der Waals surface area contributed by atoms with Crippen LogP contribution in [-0.2, 0) is 4.74 Å². The lowest BCUT2D eigenvalue weighted by atomic mass is 10.1. The number of hydrogen-bond donors (Lipinski definition) is 1. The third-order valence-electron chi connectivity index (χ3n) is 3.58. The second-order valence-electron chi connectivity index (χ2n) is 5.14.